The SMILES string of the molecule is COC(=O)CS(=O)(=O)CCCCC(C)(C)C#N. The number of esters is 1. The maximum atomic E-state index is 11.4. The van der Waals surface area contributed by atoms with Crippen molar-refractivity contribution in [2.24, 2.45) is 5.41 Å². The molecule has 0 spiro atoms. The third-order valence-electron chi connectivity index (χ3n) is 2.38. The Kier molecular flexibility index (Phi) is 6.18. The largest absolute Gasteiger partial charge is 0.468 e. The monoisotopic (exact) mass is 261 g/mol. The molecule has 17 heavy (non-hydrogen) atoms. The van der Waals surface area contributed by atoms with Gasteiger partial charge in [-0.2, -0.15) is 5.26 Å². The fraction of sp³-hybridized carbons (Fsp3) is 0.818. The Bertz CT molecular complexity index is 392. The van der Waals surface area contributed by atoms with E-state index in [0.717, 1.165) is 7.11 Å². The molecular weight excluding hydrogens is 242 g/mol. The first-order chi connectivity index (χ1) is 7.72. The Morgan fingerprint density at radius 3 is 2.41 bits per heavy atom. The van der Waals surface area contributed by atoms with E-state index in [9.17, 15) is 13.2 Å². The average Bonchev–Trinajstić information content (AvgIpc) is 2.24. The molecule has 6 heteroatoms. The zero-order valence-electron chi connectivity index (χ0n) is 10.5. The van der Waals surface area contributed by atoms with Crippen LogP contribution < -0.4 is 0 Å². The van der Waals surface area contributed by atoms with Gasteiger partial charge in [0.25, 0.3) is 0 Å². The summed E-state index contributed by atoms with van der Waals surface area (Å²) in [6.45, 7) is 3.63. The summed E-state index contributed by atoms with van der Waals surface area (Å²) in [5, 5.41) is 8.77. The first kappa shape index (κ1) is 15.9. The number of nitriles is 1. The van der Waals surface area contributed by atoms with Crippen molar-refractivity contribution < 1.29 is 17.9 Å². The summed E-state index contributed by atoms with van der Waals surface area (Å²) in [6, 6.07) is 2.16. The van der Waals surface area contributed by atoms with Crippen LogP contribution in [0, 0.1) is 16.7 Å². The Labute approximate surface area is 103 Å². The van der Waals surface area contributed by atoms with Gasteiger partial charge in [0.05, 0.1) is 24.3 Å². The van der Waals surface area contributed by atoms with Gasteiger partial charge < -0.3 is 4.74 Å². The van der Waals surface area contributed by atoms with Gasteiger partial charge in [-0.15, -0.1) is 0 Å². The topological polar surface area (TPSA) is 84.2 Å². The van der Waals surface area contributed by atoms with Gasteiger partial charge in [0, 0.05) is 0 Å². The van der Waals surface area contributed by atoms with Gasteiger partial charge >= 0.3 is 5.97 Å². The van der Waals surface area contributed by atoms with Crippen LogP contribution in [-0.2, 0) is 19.4 Å². The van der Waals surface area contributed by atoms with Gasteiger partial charge in [-0.3, -0.25) is 4.79 Å². The molecule has 0 unspecified atom stereocenters. The summed E-state index contributed by atoms with van der Waals surface area (Å²) in [5.74, 6) is -1.34. The number of rotatable bonds is 7. The van der Waals surface area contributed by atoms with Gasteiger partial charge in [0.15, 0.2) is 9.84 Å². The minimum atomic E-state index is -3.37. The minimum Gasteiger partial charge on any atom is -0.468 e. The Morgan fingerprint density at radius 1 is 1.35 bits per heavy atom. The molecule has 0 aliphatic carbocycles. The number of unbranched alkanes of at least 4 members (excludes halogenated alkanes) is 1. The molecule has 0 amide bonds. The van der Waals surface area contributed by atoms with E-state index in [0.29, 0.717) is 19.3 Å². The number of ether oxygens (including phenoxy) is 1. The van der Waals surface area contributed by atoms with Crippen molar-refractivity contribution >= 4 is 15.8 Å². The summed E-state index contributed by atoms with van der Waals surface area (Å²) in [4.78, 5) is 10.8. The van der Waals surface area contributed by atoms with Crippen LogP contribution in [0.1, 0.15) is 33.1 Å². The van der Waals surface area contributed by atoms with Gasteiger partial charge in [-0.25, -0.2) is 8.42 Å². The Hall–Kier alpha value is -1.09. The number of nitrogens with zero attached hydrogens (tertiary/aromatic N) is 1. The molecule has 0 aliphatic heterocycles. The van der Waals surface area contributed by atoms with Gasteiger partial charge in [0.2, 0.25) is 0 Å². The van der Waals surface area contributed by atoms with Gasteiger partial charge in [-0.05, 0) is 26.7 Å². The van der Waals surface area contributed by atoms with E-state index in [1.54, 1.807) is 0 Å². The second-order valence-electron chi connectivity index (χ2n) is 4.62. The molecule has 98 valence electrons. The number of sulfone groups is 1. The normalized spacial score (nSPS) is 11.9. The van der Waals surface area contributed by atoms with Crippen molar-refractivity contribution in [2.45, 2.75) is 33.1 Å². The zero-order valence-corrected chi connectivity index (χ0v) is 11.3. The molecule has 0 aromatic heterocycles. The van der Waals surface area contributed by atoms with Crippen molar-refractivity contribution in [1.82, 2.24) is 0 Å². The molecule has 0 atom stereocenters. The molecule has 0 saturated heterocycles. The smallest absolute Gasteiger partial charge is 0.320 e. The fourth-order valence-corrected chi connectivity index (χ4v) is 2.52. The second kappa shape index (κ2) is 6.60. The molecule has 0 aliphatic rings. The predicted molar refractivity (Wildman–Crippen MR) is 63.9 cm³/mol. The molecule has 0 saturated carbocycles. The van der Waals surface area contributed by atoms with E-state index in [4.69, 9.17) is 5.26 Å². The van der Waals surface area contributed by atoms with Crippen LogP contribution in [-0.4, -0.2) is 33.0 Å². The summed E-state index contributed by atoms with van der Waals surface area (Å²) >= 11 is 0. The van der Waals surface area contributed by atoms with E-state index in [2.05, 4.69) is 10.8 Å². The number of hydrogen-bond donors (Lipinski definition) is 0. The lowest BCUT2D eigenvalue weighted by Crippen LogP contribution is -2.20. The van der Waals surface area contributed by atoms with Crippen molar-refractivity contribution in [3.8, 4) is 6.07 Å². The van der Waals surface area contributed by atoms with Gasteiger partial charge in [0.1, 0.15) is 5.75 Å². The highest BCUT2D eigenvalue weighted by Crippen LogP contribution is 2.21. The van der Waals surface area contributed by atoms with Crippen molar-refractivity contribution in [1.29, 1.82) is 5.26 Å². The highest BCUT2D eigenvalue weighted by atomic mass is 32.2. The molecule has 0 rings (SSSR count). The number of methoxy groups -OCH3 is 1. The number of carbonyl (C=O) groups is 1. The zero-order chi connectivity index (χ0) is 13.5. The molecular formula is C11H19NO4S. The highest BCUT2D eigenvalue weighted by molar-refractivity contribution is 7.92. The molecule has 0 aromatic carbocycles. The molecule has 0 aromatic rings. The lowest BCUT2D eigenvalue weighted by molar-refractivity contribution is -0.137. The Balaban J connectivity index is 3.98. The van der Waals surface area contributed by atoms with Crippen molar-refractivity contribution in [3.05, 3.63) is 0 Å². The van der Waals surface area contributed by atoms with Crippen LogP contribution in [0.2, 0.25) is 0 Å². The van der Waals surface area contributed by atoms with E-state index < -0.39 is 27.0 Å². The van der Waals surface area contributed by atoms with Crippen LogP contribution in [0.5, 0.6) is 0 Å². The average molecular weight is 261 g/mol. The van der Waals surface area contributed by atoms with E-state index >= 15 is 0 Å². The van der Waals surface area contributed by atoms with E-state index in [1.807, 2.05) is 13.8 Å². The maximum Gasteiger partial charge on any atom is 0.320 e. The summed E-state index contributed by atoms with van der Waals surface area (Å²) < 4.78 is 27.2. The van der Waals surface area contributed by atoms with Crippen LogP contribution in [0.4, 0.5) is 0 Å². The van der Waals surface area contributed by atoms with Crippen LogP contribution in [0.3, 0.4) is 0 Å². The lowest BCUT2D eigenvalue weighted by atomic mass is 9.89. The first-order valence-electron chi connectivity index (χ1n) is 5.41. The molecule has 0 bridgehead atoms. The fourth-order valence-electron chi connectivity index (χ4n) is 1.26. The molecule has 0 radical (unpaired) electrons. The third-order valence-corrected chi connectivity index (χ3v) is 3.96. The standard InChI is InChI=1S/C11H19NO4S/c1-11(2,9-12)6-4-5-7-17(14,15)8-10(13)16-3/h4-8H2,1-3H3. The Morgan fingerprint density at radius 2 is 1.94 bits per heavy atom. The number of carbonyl (C=O) groups excluding carboxylic acids is 1. The quantitative estimate of drug-likeness (QED) is 0.509. The number of hydrogen-bond acceptors (Lipinski definition) is 5. The molecule has 5 nitrogen and oxygen atoms in total. The van der Waals surface area contributed by atoms with Crippen molar-refractivity contribution in [3.63, 3.8) is 0 Å². The predicted octanol–water partition coefficient (Wildman–Crippen LogP) is 1.29. The van der Waals surface area contributed by atoms with E-state index in [-0.39, 0.29) is 5.75 Å². The molecule has 0 fully saturated rings. The summed E-state index contributed by atoms with van der Waals surface area (Å²) in [5.41, 5.74) is -0.424. The van der Waals surface area contributed by atoms with E-state index in [1.165, 1.54) is 0 Å². The highest BCUT2D eigenvalue weighted by Gasteiger charge is 2.19. The summed E-state index contributed by atoms with van der Waals surface area (Å²) in [6.07, 6.45) is 1.77. The molecule has 0 N–H and O–H groups in total. The van der Waals surface area contributed by atoms with Gasteiger partial charge in [-0.1, -0.05) is 6.42 Å². The van der Waals surface area contributed by atoms with Crippen LogP contribution in [0.25, 0.3) is 0 Å². The van der Waals surface area contributed by atoms with Crippen molar-refractivity contribution in [2.75, 3.05) is 18.6 Å². The molecule has 0 heterocycles. The van der Waals surface area contributed by atoms with Crippen LogP contribution in [0.15, 0.2) is 0 Å². The first-order valence-corrected chi connectivity index (χ1v) is 7.23. The third kappa shape index (κ3) is 7.75. The lowest BCUT2D eigenvalue weighted by Gasteiger charge is -2.14. The summed E-state index contributed by atoms with van der Waals surface area (Å²) in [7, 11) is -2.21. The maximum absolute atomic E-state index is 11.4. The minimum absolute atomic E-state index is 0.0381. The van der Waals surface area contributed by atoms with Crippen LogP contribution >= 0.6 is 0 Å². The second-order valence-corrected chi connectivity index (χ2v) is 6.81.